The van der Waals surface area contributed by atoms with Gasteiger partial charge in [-0.3, -0.25) is 4.79 Å². The molecule has 0 bridgehead atoms. The van der Waals surface area contributed by atoms with Crippen LogP contribution in [-0.2, 0) is 0 Å². The summed E-state index contributed by atoms with van der Waals surface area (Å²) in [5.41, 5.74) is 0.615. The van der Waals surface area contributed by atoms with Crippen molar-refractivity contribution in [2.75, 3.05) is 5.32 Å². The zero-order valence-corrected chi connectivity index (χ0v) is 12.1. The molecule has 21 heavy (non-hydrogen) atoms. The first-order valence-corrected chi connectivity index (χ1v) is 6.60. The quantitative estimate of drug-likeness (QED) is 0.626. The van der Waals surface area contributed by atoms with Gasteiger partial charge in [0.25, 0.3) is 0 Å². The first kappa shape index (κ1) is 15.5. The molecule has 2 nitrogen and oxygen atoms in total. The van der Waals surface area contributed by atoms with Crippen LogP contribution in [0.2, 0.25) is 10.0 Å². The molecule has 0 fully saturated rings. The lowest BCUT2D eigenvalue weighted by Crippen LogP contribution is -1.97. The fraction of sp³-hybridized carbons (Fsp3) is 0. The van der Waals surface area contributed by atoms with Gasteiger partial charge in [0.15, 0.2) is 17.4 Å². The van der Waals surface area contributed by atoms with Gasteiger partial charge in [-0.05, 0) is 30.3 Å². The van der Waals surface area contributed by atoms with E-state index in [2.05, 4.69) is 5.32 Å². The van der Waals surface area contributed by atoms with Crippen LogP contribution >= 0.6 is 23.2 Å². The molecule has 0 unspecified atom stereocenters. The van der Waals surface area contributed by atoms with E-state index in [1.807, 2.05) is 0 Å². The van der Waals surface area contributed by atoms with E-state index in [4.69, 9.17) is 23.2 Å². The van der Waals surface area contributed by atoms with Gasteiger partial charge in [-0.25, -0.2) is 8.78 Å². The van der Waals surface area contributed by atoms with E-state index in [-0.39, 0.29) is 10.8 Å². The molecule has 2 rings (SSSR count). The normalized spacial score (nSPS) is 10.9. The molecule has 0 amide bonds. The zero-order chi connectivity index (χ0) is 15.4. The molecule has 6 heteroatoms. The van der Waals surface area contributed by atoms with Crippen LogP contribution in [0.4, 0.5) is 14.5 Å². The van der Waals surface area contributed by atoms with Crippen molar-refractivity contribution < 1.29 is 13.6 Å². The molecule has 0 aromatic heterocycles. The topological polar surface area (TPSA) is 29.1 Å². The molecule has 0 atom stereocenters. The number of rotatable bonds is 4. The number of ketones is 1. The molecule has 0 saturated heterocycles. The van der Waals surface area contributed by atoms with Crippen LogP contribution in [0.3, 0.4) is 0 Å². The number of anilines is 1. The van der Waals surface area contributed by atoms with E-state index in [0.717, 1.165) is 12.1 Å². The Hall–Kier alpha value is -1.91. The number of carbonyl (C=O) groups excluding carboxylic acids is 1. The highest BCUT2D eigenvalue weighted by atomic mass is 35.5. The van der Waals surface area contributed by atoms with E-state index < -0.39 is 11.6 Å². The summed E-state index contributed by atoms with van der Waals surface area (Å²) in [4.78, 5) is 11.9. The summed E-state index contributed by atoms with van der Waals surface area (Å²) >= 11 is 11.6. The van der Waals surface area contributed by atoms with Gasteiger partial charge in [-0.2, -0.15) is 0 Å². The van der Waals surface area contributed by atoms with Gasteiger partial charge in [0.1, 0.15) is 0 Å². The number of hydrogen-bond acceptors (Lipinski definition) is 2. The summed E-state index contributed by atoms with van der Waals surface area (Å²) < 4.78 is 25.7. The van der Waals surface area contributed by atoms with E-state index >= 15 is 0 Å². The number of hydrogen-bond donors (Lipinski definition) is 1. The first-order chi connectivity index (χ1) is 9.97. The highest BCUT2D eigenvalue weighted by Crippen LogP contribution is 2.21. The van der Waals surface area contributed by atoms with Crippen LogP contribution in [0.25, 0.3) is 0 Å². The average Bonchev–Trinajstić information content (AvgIpc) is 2.42. The van der Waals surface area contributed by atoms with Gasteiger partial charge in [0, 0.05) is 34.6 Å². The summed E-state index contributed by atoms with van der Waals surface area (Å²) in [6.07, 6.45) is 2.55. The fourth-order valence-corrected chi connectivity index (χ4v) is 2.08. The van der Waals surface area contributed by atoms with Crippen LogP contribution in [0.1, 0.15) is 10.4 Å². The molecule has 2 aromatic rings. The summed E-state index contributed by atoms with van der Waals surface area (Å²) in [5.74, 6) is -2.25. The second kappa shape index (κ2) is 6.70. The minimum absolute atomic E-state index is 0.241. The lowest BCUT2D eigenvalue weighted by atomic mass is 10.1. The minimum Gasteiger partial charge on any atom is -0.361 e. The van der Waals surface area contributed by atoms with Gasteiger partial charge < -0.3 is 5.32 Å². The van der Waals surface area contributed by atoms with Crippen molar-refractivity contribution in [2.24, 2.45) is 0 Å². The molecular formula is C15H9Cl2F2NO. The molecule has 0 spiro atoms. The summed E-state index contributed by atoms with van der Waals surface area (Å²) in [6.45, 7) is 0. The second-order valence-corrected chi connectivity index (χ2v) is 4.94. The van der Waals surface area contributed by atoms with Crippen molar-refractivity contribution in [3.63, 3.8) is 0 Å². The van der Waals surface area contributed by atoms with Gasteiger partial charge in [0.2, 0.25) is 0 Å². The van der Waals surface area contributed by atoms with E-state index in [1.54, 1.807) is 6.07 Å². The Kier molecular flexibility index (Phi) is 4.94. The van der Waals surface area contributed by atoms with Crippen molar-refractivity contribution >= 4 is 34.7 Å². The van der Waals surface area contributed by atoms with Gasteiger partial charge in [0.05, 0.1) is 5.02 Å². The Balaban J connectivity index is 2.06. The van der Waals surface area contributed by atoms with Crippen molar-refractivity contribution in [3.05, 3.63) is 75.9 Å². The second-order valence-electron chi connectivity index (χ2n) is 4.09. The molecule has 1 N–H and O–H groups in total. The molecule has 108 valence electrons. The number of carbonyl (C=O) groups is 1. The number of allylic oxidation sites excluding steroid dienone is 1. The van der Waals surface area contributed by atoms with Crippen molar-refractivity contribution in [1.82, 2.24) is 0 Å². The number of benzene rings is 2. The maximum absolute atomic E-state index is 13.0. The largest absolute Gasteiger partial charge is 0.361 e. The number of nitrogens with one attached hydrogen (secondary N) is 1. The lowest BCUT2D eigenvalue weighted by molar-refractivity contribution is 0.104. The summed E-state index contributed by atoms with van der Waals surface area (Å²) in [7, 11) is 0. The molecular weight excluding hydrogens is 319 g/mol. The summed E-state index contributed by atoms with van der Waals surface area (Å²) in [6, 6.07) is 7.85. The molecule has 0 aliphatic rings. The third-order valence-electron chi connectivity index (χ3n) is 2.60. The predicted molar refractivity (Wildman–Crippen MR) is 79.9 cm³/mol. The van der Waals surface area contributed by atoms with Gasteiger partial charge in [-0.15, -0.1) is 0 Å². The van der Waals surface area contributed by atoms with Crippen LogP contribution < -0.4 is 5.32 Å². The van der Waals surface area contributed by atoms with Crippen molar-refractivity contribution in [3.8, 4) is 0 Å². The Morgan fingerprint density at radius 3 is 2.48 bits per heavy atom. The Labute approximate surface area is 130 Å². The van der Waals surface area contributed by atoms with E-state index in [0.29, 0.717) is 16.3 Å². The maximum Gasteiger partial charge on any atom is 0.188 e. The highest BCUT2D eigenvalue weighted by Gasteiger charge is 2.07. The van der Waals surface area contributed by atoms with Crippen molar-refractivity contribution in [1.29, 1.82) is 0 Å². The Morgan fingerprint density at radius 1 is 1.05 bits per heavy atom. The maximum atomic E-state index is 13.0. The average molecular weight is 328 g/mol. The van der Waals surface area contributed by atoms with Gasteiger partial charge in [-0.1, -0.05) is 23.2 Å². The highest BCUT2D eigenvalue weighted by molar-refractivity contribution is 6.37. The molecule has 0 heterocycles. The fourth-order valence-electron chi connectivity index (χ4n) is 1.58. The molecule has 0 aliphatic heterocycles. The molecule has 0 radical (unpaired) electrons. The Morgan fingerprint density at radius 2 is 1.81 bits per heavy atom. The molecule has 0 aliphatic carbocycles. The third kappa shape index (κ3) is 4.03. The van der Waals surface area contributed by atoms with Crippen LogP contribution in [0.15, 0.2) is 48.7 Å². The lowest BCUT2D eigenvalue weighted by Gasteiger charge is -2.02. The Bertz CT molecular complexity index is 717. The van der Waals surface area contributed by atoms with Crippen LogP contribution in [0, 0.1) is 11.6 Å². The zero-order valence-electron chi connectivity index (χ0n) is 10.5. The smallest absolute Gasteiger partial charge is 0.188 e. The van der Waals surface area contributed by atoms with Crippen LogP contribution in [0.5, 0.6) is 0 Å². The third-order valence-corrected chi connectivity index (χ3v) is 3.15. The van der Waals surface area contributed by atoms with Crippen molar-refractivity contribution in [2.45, 2.75) is 0 Å². The first-order valence-electron chi connectivity index (χ1n) is 5.85. The van der Waals surface area contributed by atoms with E-state index in [1.165, 1.54) is 30.5 Å². The molecule has 2 aromatic carbocycles. The monoisotopic (exact) mass is 327 g/mol. The SMILES string of the molecule is O=C(/C=C/Nc1ccc(F)c(F)c1)c1ccc(Cl)cc1Cl. The molecule has 0 saturated carbocycles. The standard InChI is InChI=1S/C15H9Cl2F2NO/c16-9-1-3-11(12(17)7-9)15(21)5-6-20-10-2-4-13(18)14(19)8-10/h1-8,20H/b6-5+. The minimum atomic E-state index is -0.972. The van der Waals surface area contributed by atoms with Crippen LogP contribution in [-0.4, -0.2) is 5.78 Å². The number of halogens is 4. The van der Waals surface area contributed by atoms with Gasteiger partial charge >= 0.3 is 0 Å². The van der Waals surface area contributed by atoms with E-state index in [9.17, 15) is 13.6 Å². The summed E-state index contributed by atoms with van der Waals surface area (Å²) in [5, 5.41) is 3.34. The predicted octanol–water partition coefficient (Wildman–Crippen LogP) is 5.08.